The molecule has 1 aromatic rings. The van der Waals surface area contributed by atoms with Gasteiger partial charge in [-0.25, -0.2) is 9.79 Å². The summed E-state index contributed by atoms with van der Waals surface area (Å²) in [6, 6.07) is 9.43. The van der Waals surface area contributed by atoms with E-state index in [9.17, 15) is 9.59 Å². The van der Waals surface area contributed by atoms with Crippen molar-refractivity contribution in [1.82, 2.24) is 19.6 Å². The Bertz CT molecular complexity index is 838. The molecule has 8 heteroatoms. The Morgan fingerprint density at radius 1 is 1.11 bits per heavy atom. The summed E-state index contributed by atoms with van der Waals surface area (Å²) in [7, 11) is 3.25. The highest BCUT2D eigenvalue weighted by Gasteiger charge is 2.54. The van der Waals surface area contributed by atoms with E-state index in [0.717, 1.165) is 24.6 Å². The summed E-state index contributed by atoms with van der Waals surface area (Å²) < 4.78 is 5.06. The van der Waals surface area contributed by atoms with Crippen molar-refractivity contribution >= 4 is 17.9 Å². The number of guanidine groups is 1. The first-order chi connectivity index (χ1) is 13.5. The Kier molecular flexibility index (Phi) is 4.80. The van der Waals surface area contributed by atoms with Gasteiger partial charge in [-0.1, -0.05) is 30.3 Å². The van der Waals surface area contributed by atoms with Gasteiger partial charge in [-0.15, -0.1) is 0 Å². The SMILES string of the molecule is COCCN1C(=O)C2C(N=C3N(CCc4ccccc4)C(C)=CN32)N(C)C1=O. The number of ether oxygens (including phenoxy) is 1. The largest absolute Gasteiger partial charge is 0.383 e. The fourth-order valence-corrected chi connectivity index (χ4v) is 3.95. The molecular formula is C20H25N5O3. The van der Waals surface area contributed by atoms with Crippen molar-refractivity contribution in [2.45, 2.75) is 25.6 Å². The van der Waals surface area contributed by atoms with Gasteiger partial charge in [0.25, 0.3) is 5.91 Å². The van der Waals surface area contributed by atoms with Crippen LogP contribution in [0.3, 0.4) is 0 Å². The van der Waals surface area contributed by atoms with Crippen molar-refractivity contribution in [2.24, 2.45) is 4.99 Å². The molecule has 148 valence electrons. The first-order valence-electron chi connectivity index (χ1n) is 9.46. The minimum Gasteiger partial charge on any atom is -0.383 e. The van der Waals surface area contributed by atoms with Crippen LogP contribution >= 0.6 is 0 Å². The van der Waals surface area contributed by atoms with Crippen LogP contribution in [-0.2, 0) is 16.0 Å². The molecule has 2 unspecified atom stereocenters. The Balaban J connectivity index is 1.55. The molecule has 1 saturated heterocycles. The molecule has 1 aromatic carbocycles. The smallest absolute Gasteiger partial charge is 0.328 e. The van der Waals surface area contributed by atoms with Gasteiger partial charge >= 0.3 is 6.03 Å². The van der Waals surface area contributed by atoms with Crippen LogP contribution in [0.5, 0.6) is 0 Å². The van der Waals surface area contributed by atoms with Crippen molar-refractivity contribution < 1.29 is 14.3 Å². The number of aliphatic imine (C=N–C) groups is 1. The van der Waals surface area contributed by atoms with Gasteiger partial charge in [0.05, 0.1) is 13.2 Å². The Morgan fingerprint density at radius 3 is 2.57 bits per heavy atom. The topological polar surface area (TPSA) is 68.7 Å². The van der Waals surface area contributed by atoms with E-state index in [2.05, 4.69) is 17.0 Å². The lowest BCUT2D eigenvalue weighted by molar-refractivity contribution is -0.137. The molecule has 8 nitrogen and oxygen atoms in total. The molecule has 4 rings (SSSR count). The number of likely N-dealkylation sites (N-methyl/N-ethyl adjacent to an activating group) is 1. The lowest BCUT2D eigenvalue weighted by Gasteiger charge is -2.40. The summed E-state index contributed by atoms with van der Waals surface area (Å²) in [4.78, 5) is 37.3. The first kappa shape index (κ1) is 18.5. The van der Waals surface area contributed by atoms with Crippen LogP contribution in [0, 0.1) is 0 Å². The van der Waals surface area contributed by atoms with Crippen LogP contribution in [0.1, 0.15) is 12.5 Å². The highest BCUT2D eigenvalue weighted by atomic mass is 16.5. The van der Waals surface area contributed by atoms with Crippen LogP contribution < -0.4 is 0 Å². The van der Waals surface area contributed by atoms with Crippen LogP contribution in [0.4, 0.5) is 4.79 Å². The number of fused-ring (bicyclic) bond motifs is 3. The lowest BCUT2D eigenvalue weighted by atomic mass is 10.1. The summed E-state index contributed by atoms with van der Waals surface area (Å²) in [5.41, 5.74) is 2.29. The highest BCUT2D eigenvalue weighted by Crippen LogP contribution is 2.33. The summed E-state index contributed by atoms with van der Waals surface area (Å²) in [5, 5.41) is 0. The van der Waals surface area contributed by atoms with E-state index in [1.807, 2.05) is 36.2 Å². The molecule has 0 N–H and O–H groups in total. The molecule has 2 atom stereocenters. The van der Waals surface area contributed by atoms with Gasteiger partial charge in [0.15, 0.2) is 12.2 Å². The standard InChI is InChI=1S/C20H25N5O3/c1-14-13-25-16-17(22(2)20(27)24(18(16)26)11-12-28-3)21-19(25)23(14)10-9-15-7-5-4-6-8-15/h4-8,13,16-17H,9-12H2,1-3H3. The molecule has 0 bridgehead atoms. The number of allylic oxidation sites excluding steroid dienone is 1. The maximum atomic E-state index is 13.1. The summed E-state index contributed by atoms with van der Waals surface area (Å²) in [5.74, 6) is 0.517. The van der Waals surface area contributed by atoms with Crippen molar-refractivity contribution in [3.8, 4) is 0 Å². The number of hydrogen-bond donors (Lipinski definition) is 0. The monoisotopic (exact) mass is 383 g/mol. The number of imide groups is 1. The number of amides is 3. The van der Waals surface area contributed by atoms with Crippen molar-refractivity contribution in [3.63, 3.8) is 0 Å². The Hall–Kier alpha value is -2.87. The Labute approximate surface area is 164 Å². The van der Waals surface area contributed by atoms with E-state index in [1.54, 1.807) is 19.1 Å². The maximum absolute atomic E-state index is 13.1. The molecule has 0 radical (unpaired) electrons. The second-order valence-corrected chi connectivity index (χ2v) is 7.23. The molecule has 28 heavy (non-hydrogen) atoms. The van der Waals surface area contributed by atoms with Gasteiger partial charge in [0.2, 0.25) is 5.96 Å². The van der Waals surface area contributed by atoms with Gasteiger partial charge in [-0.2, -0.15) is 0 Å². The van der Waals surface area contributed by atoms with Crippen molar-refractivity contribution in [3.05, 3.63) is 47.8 Å². The van der Waals surface area contributed by atoms with Gasteiger partial charge in [0, 0.05) is 32.6 Å². The predicted molar refractivity (Wildman–Crippen MR) is 104 cm³/mol. The number of methoxy groups -OCH3 is 1. The third-order valence-electron chi connectivity index (χ3n) is 5.49. The first-order valence-corrected chi connectivity index (χ1v) is 9.46. The van der Waals surface area contributed by atoms with Crippen LogP contribution in [-0.4, -0.2) is 83.6 Å². The molecule has 1 fully saturated rings. The van der Waals surface area contributed by atoms with Gasteiger partial charge < -0.3 is 19.4 Å². The fraction of sp³-hybridized carbons (Fsp3) is 0.450. The molecule has 0 saturated carbocycles. The second-order valence-electron chi connectivity index (χ2n) is 7.23. The zero-order chi connectivity index (χ0) is 19.8. The average molecular weight is 383 g/mol. The molecule has 0 aromatic heterocycles. The van der Waals surface area contributed by atoms with Gasteiger partial charge in [-0.3, -0.25) is 9.69 Å². The highest BCUT2D eigenvalue weighted by molar-refractivity contribution is 6.04. The maximum Gasteiger partial charge on any atom is 0.328 e. The van der Waals surface area contributed by atoms with Gasteiger partial charge in [0.1, 0.15) is 0 Å². The van der Waals surface area contributed by atoms with E-state index in [0.29, 0.717) is 6.61 Å². The molecule has 0 aliphatic carbocycles. The van der Waals surface area contributed by atoms with Crippen LogP contribution in [0.2, 0.25) is 0 Å². The number of urea groups is 1. The summed E-state index contributed by atoms with van der Waals surface area (Å²) >= 11 is 0. The Morgan fingerprint density at radius 2 is 1.86 bits per heavy atom. The van der Waals surface area contributed by atoms with Crippen LogP contribution in [0.25, 0.3) is 0 Å². The number of rotatable bonds is 6. The molecule has 3 aliphatic heterocycles. The van der Waals surface area contributed by atoms with E-state index >= 15 is 0 Å². The van der Waals surface area contributed by atoms with Crippen molar-refractivity contribution in [1.29, 1.82) is 0 Å². The second kappa shape index (κ2) is 7.27. The molecule has 3 aliphatic rings. The summed E-state index contributed by atoms with van der Waals surface area (Å²) in [6.45, 7) is 3.34. The molecule has 3 heterocycles. The van der Waals surface area contributed by atoms with E-state index in [1.165, 1.54) is 10.5 Å². The molecular weight excluding hydrogens is 358 g/mol. The third-order valence-corrected chi connectivity index (χ3v) is 5.49. The normalized spacial score (nSPS) is 23.8. The van der Waals surface area contributed by atoms with Gasteiger partial charge in [-0.05, 0) is 18.9 Å². The third kappa shape index (κ3) is 2.93. The number of benzene rings is 1. The lowest BCUT2D eigenvalue weighted by Crippen LogP contribution is -2.64. The predicted octanol–water partition coefficient (Wildman–Crippen LogP) is 1.31. The molecule has 0 spiro atoms. The summed E-state index contributed by atoms with van der Waals surface area (Å²) in [6.07, 6.45) is 2.33. The number of carbonyl (C=O) groups is 2. The number of hydrogen-bond acceptors (Lipinski definition) is 6. The number of carbonyl (C=O) groups excluding carboxylic acids is 2. The van der Waals surface area contributed by atoms with Crippen molar-refractivity contribution in [2.75, 3.05) is 33.9 Å². The minimum absolute atomic E-state index is 0.224. The van der Waals surface area contributed by atoms with Crippen LogP contribution in [0.15, 0.2) is 47.2 Å². The zero-order valence-corrected chi connectivity index (χ0v) is 16.4. The molecule has 3 amide bonds. The quantitative estimate of drug-likeness (QED) is 0.741. The van der Waals surface area contributed by atoms with E-state index in [-0.39, 0.29) is 18.5 Å². The van der Waals surface area contributed by atoms with E-state index in [4.69, 9.17) is 9.73 Å². The number of nitrogens with zero attached hydrogens (tertiary/aromatic N) is 5. The zero-order valence-electron chi connectivity index (χ0n) is 16.4. The minimum atomic E-state index is -0.522. The average Bonchev–Trinajstić information content (AvgIpc) is 3.20. The fourth-order valence-electron chi connectivity index (χ4n) is 3.95. The van der Waals surface area contributed by atoms with E-state index < -0.39 is 12.2 Å².